The van der Waals surface area contributed by atoms with Gasteiger partial charge < -0.3 is 15.4 Å². The number of ether oxygens (including phenoxy) is 1. The van der Waals surface area contributed by atoms with Crippen molar-refractivity contribution in [2.45, 2.75) is 56.6 Å². The Bertz CT molecular complexity index is 744. The van der Waals surface area contributed by atoms with Crippen molar-refractivity contribution in [1.29, 1.82) is 0 Å². The molecule has 0 aromatic heterocycles. The molecular weight excluding hydrogens is 398 g/mol. The first-order valence-electron chi connectivity index (χ1n) is 9.23. The van der Waals surface area contributed by atoms with E-state index in [-0.39, 0.29) is 11.5 Å². The largest absolute Gasteiger partial charge is 0.381 e. The van der Waals surface area contributed by atoms with Crippen molar-refractivity contribution in [2.75, 3.05) is 14.2 Å². The fourth-order valence-corrected chi connectivity index (χ4v) is 3.81. The normalized spacial score (nSPS) is 20.8. The number of carbonyl (C=O) groups is 1. The van der Waals surface area contributed by atoms with Crippen molar-refractivity contribution in [2.24, 2.45) is 4.36 Å². The maximum Gasteiger partial charge on any atom is 0.311 e. The molecule has 1 saturated carbocycles. The van der Waals surface area contributed by atoms with Crippen LogP contribution in [0.5, 0.6) is 0 Å². The first kappa shape index (κ1) is 24.2. The molecule has 9 heteroatoms. The van der Waals surface area contributed by atoms with Crippen LogP contribution in [0.15, 0.2) is 34.7 Å². The highest BCUT2D eigenvalue weighted by Crippen LogP contribution is 2.54. The zero-order valence-electron chi connectivity index (χ0n) is 16.6. The van der Waals surface area contributed by atoms with Gasteiger partial charge in [-0.1, -0.05) is 37.3 Å². The third-order valence-electron chi connectivity index (χ3n) is 4.95. The number of nitrogens with zero attached hydrogens (tertiary/aromatic N) is 1. The summed E-state index contributed by atoms with van der Waals surface area (Å²) in [5.74, 6) is 0. The van der Waals surface area contributed by atoms with Crippen molar-refractivity contribution >= 4 is 34.2 Å². The molecule has 0 aliphatic heterocycles. The summed E-state index contributed by atoms with van der Waals surface area (Å²) in [5.41, 5.74) is 1.11. The monoisotopic (exact) mass is 427 g/mol. The van der Waals surface area contributed by atoms with Gasteiger partial charge in [0.1, 0.15) is 0 Å². The van der Waals surface area contributed by atoms with E-state index in [1.807, 2.05) is 18.2 Å². The first-order chi connectivity index (χ1) is 13.4. The molecule has 1 aromatic carbocycles. The number of methoxy groups -OCH3 is 1. The minimum absolute atomic E-state index is 0.0899. The number of thiocarbonyl (C=S) groups is 1. The lowest BCUT2D eigenvalue weighted by Crippen LogP contribution is -2.30. The Balaban J connectivity index is 0.000000480. The van der Waals surface area contributed by atoms with Crippen molar-refractivity contribution in [1.82, 2.24) is 10.6 Å². The quantitative estimate of drug-likeness (QED) is 0.464. The molecule has 2 rings (SSSR count). The predicted molar refractivity (Wildman–Crippen MR) is 114 cm³/mol. The van der Waals surface area contributed by atoms with Gasteiger partial charge in [-0.05, 0) is 49.9 Å². The molecule has 1 aliphatic carbocycles. The maximum atomic E-state index is 10.9. The van der Waals surface area contributed by atoms with E-state index >= 15 is 0 Å². The molecule has 0 radical (unpaired) electrons. The van der Waals surface area contributed by atoms with Gasteiger partial charge in [0.2, 0.25) is 6.41 Å². The zero-order valence-corrected chi connectivity index (χ0v) is 18.2. The Morgan fingerprint density at radius 1 is 1.43 bits per heavy atom. The first-order valence-corrected chi connectivity index (χ1v) is 10.7. The lowest BCUT2D eigenvalue weighted by molar-refractivity contribution is -0.108. The molecule has 1 aliphatic rings. The van der Waals surface area contributed by atoms with E-state index in [0.29, 0.717) is 17.6 Å². The van der Waals surface area contributed by atoms with E-state index in [0.717, 1.165) is 32.1 Å². The minimum atomic E-state index is -2.32. The Hall–Kier alpha value is -1.84. The molecule has 1 amide bonds. The predicted octanol–water partition coefficient (Wildman–Crippen LogP) is 2.59. The van der Waals surface area contributed by atoms with Gasteiger partial charge in [-0.15, -0.1) is 0 Å². The number of amides is 1. The Labute approximate surface area is 174 Å². The molecule has 0 heterocycles. The smallest absolute Gasteiger partial charge is 0.311 e. The highest BCUT2D eigenvalue weighted by molar-refractivity contribution is 7.80. The van der Waals surface area contributed by atoms with Crippen LogP contribution in [0.25, 0.3) is 0 Å². The summed E-state index contributed by atoms with van der Waals surface area (Å²) in [6, 6.07) is 10.1. The molecule has 1 aromatic rings. The minimum Gasteiger partial charge on any atom is -0.381 e. The second-order valence-electron chi connectivity index (χ2n) is 6.56. The van der Waals surface area contributed by atoms with E-state index in [4.69, 9.17) is 4.74 Å². The van der Waals surface area contributed by atoms with Gasteiger partial charge in [-0.3, -0.25) is 4.79 Å². The molecule has 3 unspecified atom stereocenters. The van der Waals surface area contributed by atoms with E-state index < -0.39 is 10.5 Å². The van der Waals surface area contributed by atoms with Crippen molar-refractivity contribution in [3.8, 4) is 0 Å². The summed E-state index contributed by atoms with van der Waals surface area (Å²) < 4.78 is 31.0. The molecule has 1 fully saturated rings. The molecule has 0 bridgehead atoms. The third-order valence-corrected chi connectivity index (χ3v) is 5.70. The van der Waals surface area contributed by atoms with Crippen LogP contribution in [0.1, 0.15) is 44.6 Å². The van der Waals surface area contributed by atoms with Gasteiger partial charge in [-0.2, -0.15) is 12.8 Å². The van der Waals surface area contributed by atoms with E-state index in [1.54, 1.807) is 14.2 Å². The summed E-state index contributed by atoms with van der Waals surface area (Å²) in [4.78, 5) is 9.54. The Kier molecular flexibility index (Phi) is 10.9. The standard InChI is InChI=1S/C16H23NO3S.C3H6N2OS/c1-3-14(20-2)10-7-11-16(12-15(16)17-21(18)19)13-8-5-4-6-9-13;1-4-3(7)5-2-6/h4-6,8-9,14-15H,3,7,10-12H2,1-2H3;2H,1H3,(H2,4,5,6,7). The number of hydrogen-bond donors (Lipinski definition) is 2. The van der Waals surface area contributed by atoms with Gasteiger partial charge >= 0.3 is 10.5 Å². The molecule has 156 valence electrons. The van der Waals surface area contributed by atoms with Crippen LogP contribution in [0, 0.1) is 0 Å². The average molecular weight is 428 g/mol. The summed E-state index contributed by atoms with van der Waals surface area (Å²) in [5, 5.41) is 5.13. The average Bonchev–Trinajstić information content (AvgIpc) is 3.39. The summed E-state index contributed by atoms with van der Waals surface area (Å²) in [7, 11) is 1.06. The molecule has 28 heavy (non-hydrogen) atoms. The second-order valence-corrected chi connectivity index (χ2v) is 7.62. The lowest BCUT2D eigenvalue weighted by atomic mass is 9.89. The summed E-state index contributed by atoms with van der Waals surface area (Å²) in [6.07, 6.45) is 5.65. The Morgan fingerprint density at radius 2 is 2.11 bits per heavy atom. The molecular formula is C19H29N3O4S2. The van der Waals surface area contributed by atoms with Crippen LogP contribution in [0.4, 0.5) is 0 Å². The van der Waals surface area contributed by atoms with Gasteiger partial charge in [0.05, 0.1) is 12.1 Å². The second kappa shape index (κ2) is 12.6. The van der Waals surface area contributed by atoms with Crippen molar-refractivity contribution < 1.29 is 17.9 Å². The summed E-state index contributed by atoms with van der Waals surface area (Å²) >= 11 is 4.50. The number of hydrogen-bond acceptors (Lipinski definition) is 6. The van der Waals surface area contributed by atoms with Crippen LogP contribution < -0.4 is 10.6 Å². The van der Waals surface area contributed by atoms with E-state index in [9.17, 15) is 13.2 Å². The maximum absolute atomic E-state index is 10.9. The fourth-order valence-electron chi connectivity index (χ4n) is 3.28. The van der Waals surface area contributed by atoms with Crippen molar-refractivity contribution in [3.63, 3.8) is 0 Å². The van der Waals surface area contributed by atoms with Gasteiger partial charge in [0.15, 0.2) is 5.11 Å². The molecule has 2 N–H and O–H groups in total. The molecule has 7 nitrogen and oxygen atoms in total. The number of benzene rings is 1. The van der Waals surface area contributed by atoms with Crippen LogP contribution in [0.2, 0.25) is 0 Å². The van der Waals surface area contributed by atoms with Gasteiger partial charge in [-0.25, -0.2) is 0 Å². The van der Waals surface area contributed by atoms with Gasteiger partial charge in [0.25, 0.3) is 0 Å². The molecule has 3 atom stereocenters. The highest BCUT2D eigenvalue weighted by atomic mass is 32.2. The molecule has 0 spiro atoms. The topological polar surface area (TPSA) is 96.9 Å². The van der Waals surface area contributed by atoms with Crippen LogP contribution in [-0.4, -0.2) is 46.2 Å². The lowest BCUT2D eigenvalue weighted by Gasteiger charge is -2.18. The van der Waals surface area contributed by atoms with E-state index in [1.165, 1.54) is 5.56 Å². The van der Waals surface area contributed by atoms with Crippen LogP contribution in [0.3, 0.4) is 0 Å². The van der Waals surface area contributed by atoms with Gasteiger partial charge in [0, 0.05) is 19.6 Å². The summed E-state index contributed by atoms with van der Waals surface area (Å²) in [6.45, 7) is 2.12. The molecule has 0 saturated heterocycles. The van der Waals surface area contributed by atoms with E-state index in [2.05, 4.69) is 46.3 Å². The number of rotatable bonds is 9. The van der Waals surface area contributed by atoms with Crippen molar-refractivity contribution in [3.05, 3.63) is 35.9 Å². The van der Waals surface area contributed by atoms with Crippen LogP contribution in [-0.2, 0) is 25.4 Å². The fraction of sp³-hybridized carbons (Fsp3) is 0.579. The third kappa shape index (κ3) is 7.65. The van der Waals surface area contributed by atoms with Crippen LogP contribution >= 0.6 is 12.2 Å². The number of nitrogens with one attached hydrogen (secondary N) is 2. The zero-order chi connectivity index (χ0) is 21.0. The Morgan fingerprint density at radius 3 is 2.57 bits per heavy atom. The highest BCUT2D eigenvalue weighted by Gasteiger charge is 2.55. The SMILES string of the molecule is CCC(CCCC1(c2ccccc2)CC1N=S(=O)=O)OC.CNC(=S)NC=O. The number of carbonyl (C=O) groups excluding carboxylic acids is 1.